The van der Waals surface area contributed by atoms with Crippen LogP contribution in [0.3, 0.4) is 0 Å². The van der Waals surface area contributed by atoms with Gasteiger partial charge in [-0.15, -0.1) is 0 Å². The van der Waals surface area contributed by atoms with Crippen molar-refractivity contribution in [3.8, 4) is 0 Å². The number of rotatable bonds is 2. The molecule has 2 heteroatoms. The number of hydrogen-bond donors (Lipinski definition) is 1. The lowest BCUT2D eigenvalue weighted by Gasteiger charge is -2.28. The second-order valence-corrected chi connectivity index (χ2v) is 3.25. The van der Waals surface area contributed by atoms with Crippen LogP contribution in [0, 0.1) is 0 Å². The average Bonchev–Trinajstić information content (AvgIpc) is 2.09. The Bertz CT molecular complexity index is 163. The topological polar surface area (TPSA) is 29.5 Å². The molecular formula is C10H18O2. The molecule has 2 atom stereocenters. The molecule has 1 saturated carbocycles. The van der Waals surface area contributed by atoms with Gasteiger partial charge < -0.3 is 9.84 Å². The number of allylic oxidation sites excluding steroid dienone is 1. The lowest BCUT2D eigenvalue weighted by atomic mass is 9.90. The Kier molecular flexibility index (Phi) is 3.76. The molecule has 0 aromatic carbocycles. The third kappa shape index (κ3) is 2.32. The maximum Gasteiger partial charge on any atom is 0.0840 e. The molecule has 0 aromatic rings. The summed E-state index contributed by atoms with van der Waals surface area (Å²) < 4.78 is 5.41. The first-order chi connectivity index (χ1) is 5.77. The molecule has 0 aliphatic heterocycles. The highest BCUT2D eigenvalue weighted by Gasteiger charge is 2.25. The highest BCUT2D eigenvalue weighted by atomic mass is 16.5. The van der Waals surface area contributed by atoms with E-state index >= 15 is 0 Å². The van der Waals surface area contributed by atoms with E-state index in [1.165, 1.54) is 5.57 Å². The van der Waals surface area contributed by atoms with Crippen LogP contribution in [0.25, 0.3) is 0 Å². The van der Waals surface area contributed by atoms with Crippen LogP contribution in [-0.4, -0.2) is 23.9 Å². The summed E-state index contributed by atoms with van der Waals surface area (Å²) in [6, 6.07) is 0. The fourth-order valence-electron chi connectivity index (χ4n) is 1.69. The van der Waals surface area contributed by atoms with E-state index in [1.54, 1.807) is 0 Å². The van der Waals surface area contributed by atoms with Crippen molar-refractivity contribution in [3.05, 3.63) is 11.6 Å². The van der Waals surface area contributed by atoms with Crippen LogP contribution in [0.4, 0.5) is 0 Å². The number of ether oxygens (including phenoxy) is 1. The van der Waals surface area contributed by atoms with Gasteiger partial charge >= 0.3 is 0 Å². The van der Waals surface area contributed by atoms with Crippen molar-refractivity contribution in [1.82, 2.24) is 0 Å². The van der Waals surface area contributed by atoms with E-state index < -0.39 is 0 Å². The molecule has 0 heterocycles. The first kappa shape index (κ1) is 9.75. The molecule has 0 aromatic heterocycles. The summed E-state index contributed by atoms with van der Waals surface area (Å²) in [5, 5.41) is 9.64. The van der Waals surface area contributed by atoms with E-state index in [1.807, 2.05) is 13.8 Å². The average molecular weight is 170 g/mol. The van der Waals surface area contributed by atoms with E-state index in [-0.39, 0.29) is 12.2 Å². The minimum Gasteiger partial charge on any atom is -0.390 e. The fraction of sp³-hybridized carbons (Fsp3) is 0.800. The van der Waals surface area contributed by atoms with Crippen molar-refractivity contribution < 1.29 is 9.84 Å². The van der Waals surface area contributed by atoms with Gasteiger partial charge in [0.2, 0.25) is 0 Å². The number of hydrogen-bond acceptors (Lipinski definition) is 2. The molecule has 1 rings (SSSR count). The summed E-state index contributed by atoms with van der Waals surface area (Å²) in [5.74, 6) is 0. The first-order valence-electron chi connectivity index (χ1n) is 4.71. The molecule has 1 aliphatic carbocycles. The Morgan fingerprint density at radius 1 is 1.67 bits per heavy atom. The highest BCUT2D eigenvalue weighted by molar-refractivity contribution is 5.06. The zero-order valence-corrected chi connectivity index (χ0v) is 7.92. The molecule has 12 heavy (non-hydrogen) atoms. The van der Waals surface area contributed by atoms with Crippen molar-refractivity contribution >= 4 is 0 Å². The molecule has 1 aliphatic rings. The van der Waals surface area contributed by atoms with Crippen LogP contribution in [0.15, 0.2) is 11.6 Å². The van der Waals surface area contributed by atoms with Crippen LogP contribution < -0.4 is 0 Å². The van der Waals surface area contributed by atoms with E-state index in [4.69, 9.17) is 4.74 Å². The lowest BCUT2D eigenvalue weighted by Crippen LogP contribution is -2.33. The highest BCUT2D eigenvalue weighted by Crippen LogP contribution is 2.25. The van der Waals surface area contributed by atoms with Gasteiger partial charge in [0.05, 0.1) is 12.2 Å². The summed E-state index contributed by atoms with van der Waals surface area (Å²) in [7, 11) is 0. The summed E-state index contributed by atoms with van der Waals surface area (Å²) in [6.07, 6.45) is 4.73. The van der Waals surface area contributed by atoms with Crippen molar-refractivity contribution in [2.45, 2.75) is 45.3 Å². The predicted molar refractivity (Wildman–Crippen MR) is 49.0 cm³/mol. The third-order valence-electron chi connectivity index (χ3n) is 2.44. The number of aliphatic hydroxyl groups is 1. The van der Waals surface area contributed by atoms with Gasteiger partial charge in [0.1, 0.15) is 0 Å². The Hall–Kier alpha value is -0.340. The minimum absolute atomic E-state index is 0.0682. The standard InChI is InChI=1S/C10H18O2/c1-3-8-5-6-10(12-4-2)9(11)7-8/h3,9-11H,4-7H2,1-2H3. The summed E-state index contributed by atoms with van der Waals surface area (Å²) in [6.45, 7) is 4.70. The van der Waals surface area contributed by atoms with E-state index in [9.17, 15) is 5.11 Å². The van der Waals surface area contributed by atoms with Crippen molar-refractivity contribution in [3.63, 3.8) is 0 Å². The van der Waals surface area contributed by atoms with Gasteiger partial charge in [-0.3, -0.25) is 0 Å². The van der Waals surface area contributed by atoms with Crippen molar-refractivity contribution in [1.29, 1.82) is 0 Å². The molecular weight excluding hydrogens is 152 g/mol. The Morgan fingerprint density at radius 3 is 2.92 bits per heavy atom. The zero-order valence-electron chi connectivity index (χ0n) is 7.92. The smallest absolute Gasteiger partial charge is 0.0840 e. The van der Waals surface area contributed by atoms with Crippen LogP contribution in [0.1, 0.15) is 33.1 Å². The van der Waals surface area contributed by atoms with Crippen LogP contribution in [0.5, 0.6) is 0 Å². The molecule has 0 spiro atoms. The number of aliphatic hydroxyl groups excluding tert-OH is 1. The van der Waals surface area contributed by atoms with E-state index in [0.29, 0.717) is 6.61 Å². The minimum atomic E-state index is -0.287. The second-order valence-electron chi connectivity index (χ2n) is 3.25. The molecule has 1 N–H and O–H groups in total. The van der Waals surface area contributed by atoms with Crippen molar-refractivity contribution in [2.75, 3.05) is 6.61 Å². The largest absolute Gasteiger partial charge is 0.390 e. The zero-order chi connectivity index (χ0) is 8.97. The normalized spacial score (nSPS) is 34.1. The molecule has 0 amide bonds. The summed E-state index contributed by atoms with van der Waals surface area (Å²) in [5.41, 5.74) is 1.36. The van der Waals surface area contributed by atoms with Gasteiger partial charge in [-0.1, -0.05) is 11.6 Å². The molecule has 1 fully saturated rings. The van der Waals surface area contributed by atoms with Crippen LogP contribution in [-0.2, 0) is 4.74 Å². The van der Waals surface area contributed by atoms with Gasteiger partial charge in [-0.2, -0.15) is 0 Å². The molecule has 0 radical (unpaired) electrons. The molecule has 0 bridgehead atoms. The predicted octanol–water partition coefficient (Wildman–Crippen LogP) is 1.88. The molecule has 0 saturated heterocycles. The SMILES string of the molecule is CC=C1CCC(OCC)C(O)C1. The first-order valence-corrected chi connectivity index (χ1v) is 4.71. The maximum atomic E-state index is 9.64. The van der Waals surface area contributed by atoms with Crippen LogP contribution in [0.2, 0.25) is 0 Å². The van der Waals surface area contributed by atoms with Gasteiger partial charge in [0.25, 0.3) is 0 Å². The Morgan fingerprint density at radius 2 is 2.42 bits per heavy atom. The van der Waals surface area contributed by atoms with Crippen molar-refractivity contribution in [2.24, 2.45) is 0 Å². The summed E-state index contributed by atoms with van der Waals surface area (Å²) >= 11 is 0. The lowest BCUT2D eigenvalue weighted by molar-refractivity contribution is -0.0446. The summed E-state index contributed by atoms with van der Waals surface area (Å²) in [4.78, 5) is 0. The van der Waals surface area contributed by atoms with Crippen LogP contribution >= 0.6 is 0 Å². The fourth-order valence-corrected chi connectivity index (χ4v) is 1.69. The van der Waals surface area contributed by atoms with Gasteiger partial charge in [0.15, 0.2) is 0 Å². The maximum absolute atomic E-state index is 9.64. The van der Waals surface area contributed by atoms with Gasteiger partial charge in [-0.25, -0.2) is 0 Å². The van der Waals surface area contributed by atoms with E-state index in [0.717, 1.165) is 19.3 Å². The monoisotopic (exact) mass is 170 g/mol. The molecule has 2 unspecified atom stereocenters. The van der Waals surface area contributed by atoms with E-state index in [2.05, 4.69) is 6.08 Å². The molecule has 2 nitrogen and oxygen atoms in total. The third-order valence-corrected chi connectivity index (χ3v) is 2.44. The van der Waals surface area contributed by atoms with Gasteiger partial charge in [-0.05, 0) is 33.1 Å². The van der Waals surface area contributed by atoms with Gasteiger partial charge in [0, 0.05) is 6.61 Å². The Labute approximate surface area is 74.2 Å². The quantitative estimate of drug-likeness (QED) is 0.641. The Balaban J connectivity index is 2.42. The second kappa shape index (κ2) is 4.63. The molecule has 70 valence electrons.